The van der Waals surface area contributed by atoms with E-state index in [0.29, 0.717) is 28.8 Å². The lowest BCUT2D eigenvalue weighted by Gasteiger charge is -2.27. The van der Waals surface area contributed by atoms with Crippen molar-refractivity contribution in [1.82, 2.24) is 4.98 Å². The minimum absolute atomic E-state index is 0.0658. The lowest BCUT2D eigenvalue weighted by atomic mass is 10.0. The van der Waals surface area contributed by atoms with Gasteiger partial charge in [-0.2, -0.15) is 0 Å². The highest BCUT2D eigenvalue weighted by Gasteiger charge is 2.32. The van der Waals surface area contributed by atoms with E-state index in [0.717, 1.165) is 5.56 Å². The van der Waals surface area contributed by atoms with E-state index in [2.05, 4.69) is 16.8 Å². The molecule has 0 saturated carbocycles. The Morgan fingerprint density at radius 3 is 2.68 bits per heavy atom. The largest absolute Gasteiger partial charge is 0.290 e. The highest BCUT2D eigenvalue weighted by Crippen LogP contribution is 2.33. The molecule has 0 aliphatic carbocycles. The van der Waals surface area contributed by atoms with Gasteiger partial charge in [-0.25, -0.2) is 8.60 Å². The maximum absolute atomic E-state index is 13.4. The molecule has 1 atom stereocenters. The van der Waals surface area contributed by atoms with Gasteiger partial charge in [0.1, 0.15) is 10.7 Å². The lowest BCUT2D eigenvalue weighted by Crippen LogP contribution is -2.31. The van der Waals surface area contributed by atoms with Crippen molar-refractivity contribution in [2.45, 2.75) is 6.42 Å². The second kappa shape index (κ2) is 8.84. The lowest BCUT2D eigenvalue weighted by molar-refractivity contribution is 0.104. The molecular weight excluding hydrogens is 435 g/mol. The first-order valence-electron chi connectivity index (χ1n) is 9.33. The summed E-state index contributed by atoms with van der Waals surface area (Å²) < 4.78 is 27.8. The summed E-state index contributed by atoms with van der Waals surface area (Å²) in [5.74, 6) is 5.25. The van der Waals surface area contributed by atoms with Crippen LogP contribution >= 0.6 is 11.6 Å². The number of carbonyl (C=O) groups is 1. The molecule has 4 rings (SSSR count). The first kappa shape index (κ1) is 21.0. The zero-order valence-electron chi connectivity index (χ0n) is 16.4. The van der Waals surface area contributed by atoms with Crippen molar-refractivity contribution < 1.29 is 13.4 Å². The summed E-state index contributed by atoms with van der Waals surface area (Å²) in [5.41, 5.74) is 3.21. The Morgan fingerprint density at radius 1 is 1.16 bits per heavy atom. The quantitative estimate of drug-likeness (QED) is 0.416. The van der Waals surface area contributed by atoms with Crippen LogP contribution in [-0.2, 0) is 17.4 Å². The number of hydrogen-bond donors (Lipinski definition) is 0. The van der Waals surface area contributed by atoms with E-state index in [4.69, 9.17) is 11.6 Å². The van der Waals surface area contributed by atoms with Gasteiger partial charge >= 0.3 is 0 Å². The molecule has 31 heavy (non-hydrogen) atoms. The van der Waals surface area contributed by atoms with Crippen LogP contribution in [0.4, 0.5) is 10.1 Å². The molecular formula is C24H16ClFN2O2S. The molecule has 1 aliphatic rings. The second-order valence-electron chi connectivity index (χ2n) is 6.82. The van der Waals surface area contributed by atoms with Crippen molar-refractivity contribution in [1.29, 1.82) is 0 Å². The molecule has 4 nitrogen and oxygen atoms in total. The number of rotatable bonds is 2. The van der Waals surface area contributed by atoms with Gasteiger partial charge in [-0.05, 0) is 59.7 Å². The Morgan fingerprint density at radius 2 is 1.94 bits per heavy atom. The van der Waals surface area contributed by atoms with Crippen LogP contribution in [0, 0.1) is 17.7 Å². The van der Waals surface area contributed by atoms with Crippen LogP contribution in [-0.4, -0.2) is 22.0 Å². The van der Waals surface area contributed by atoms with Crippen LogP contribution in [0.2, 0.25) is 5.02 Å². The molecule has 2 heterocycles. The molecule has 0 spiro atoms. The van der Waals surface area contributed by atoms with E-state index in [1.54, 1.807) is 37.6 Å². The third-order valence-corrected chi connectivity index (χ3v) is 6.42. The fraction of sp³-hybridized carbons (Fsp3) is 0.0833. The second-order valence-corrected chi connectivity index (χ2v) is 8.72. The molecule has 0 saturated heterocycles. The van der Waals surface area contributed by atoms with Gasteiger partial charge in [0.25, 0.3) is 0 Å². The first-order chi connectivity index (χ1) is 14.9. The molecule has 1 unspecified atom stereocenters. The van der Waals surface area contributed by atoms with Gasteiger partial charge in [-0.15, -0.1) is 0 Å². The molecule has 7 heteroatoms. The number of aromatic nitrogens is 1. The minimum Gasteiger partial charge on any atom is -0.290 e. The number of anilines is 1. The molecule has 154 valence electrons. The van der Waals surface area contributed by atoms with Gasteiger partial charge in [-0.1, -0.05) is 29.5 Å². The van der Waals surface area contributed by atoms with Crippen molar-refractivity contribution in [3.8, 4) is 11.8 Å². The maximum atomic E-state index is 13.4. The summed E-state index contributed by atoms with van der Waals surface area (Å²) in [6.45, 7) is 0. The maximum Gasteiger partial charge on any atom is 0.205 e. The zero-order valence-corrected chi connectivity index (χ0v) is 18.0. The highest BCUT2D eigenvalue weighted by atomic mass is 35.5. The van der Waals surface area contributed by atoms with E-state index in [1.165, 1.54) is 28.6 Å². The molecule has 0 fully saturated rings. The predicted molar refractivity (Wildman–Crippen MR) is 122 cm³/mol. The SMILES string of the molecule is CN1c2ccc(C#CCc3ccncc3)cc2C(=O)/C(=C\c2ccc(F)c(Cl)c2)S1=O. The van der Waals surface area contributed by atoms with Gasteiger partial charge in [0.2, 0.25) is 5.78 Å². The number of halogens is 2. The van der Waals surface area contributed by atoms with Crippen LogP contribution in [0.25, 0.3) is 6.08 Å². The van der Waals surface area contributed by atoms with Crippen LogP contribution in [0.1, 0.15) is 27.0 Å². The number of benzene rings is 2. The summed E-state index contributed by atoms with van der Waals surface area (Å²) in [7, 11) is -0.0430. The van der Waals surface area contributed by atoms with Gasteiger partial charge in [0, 0.05) is 37.0 Å². The molecule has 0 bridgehead atoms. The van der Waals surface area contributed by atoms with E-state index in [1.807, 2.05) is 12.1 Å². The smallest absolute Gasteiger partial charge is 0.205 e. The van der Waals surface area contributed by atoms with E-state index < -0.39 is 16.8 Å². The summed E-state index contributed by atoms with van der Waals surface area (Å²) in [6, 6.07) is 13.1. The number of allylic oxidation sites excluding steroid dienone is 1. The number of fused-ring (bicyclic) bond motifs is 1. The van der Waals surface area contributed by atoms with E-state index >= 15 is 0 Å². The Hall–Kier alpha value is -3.27. The average molecular weight is 451 g/mol. The van der Waals surface area contributed by atoms with Crippen LogP contribution in [0.3, 0.4) is 0 Å². The van der Waals surface area contributed by atoms with Crippen LogP contribution < -0.4 is 4.31 Å². The molecule has 3 aromatic rings. The van der Waals surface area contributed by atoms with Crippen molar-refractivity contribution in [2.75, 3.05) is 11.4 Å². The average Bonchev–Trinajstić information content (AvgIpc) is 2.78. The molecule has 1 aromatic heterocycles. The van der Waals surface area contributed by atoms with Crippen molar-refractivity contribution in [3.63, 3.8) is 0 Å². The topological polar surface area (TPSA) is 50.3 Å². The van der Waals surface area contributed by atoms with Gasteiger partial charge in [0.15, 0.2) is 11.0 Å². The standard InChI is InChI=1S/C24H16ClFN2O2S/c1-28-22-8-6-17(4-2-3-16-9-11-27-12-10-16)13-19(22)24(29)23(31(28)30)15-18-5-7-21(26)20(25)14-18/h5-15H,3H2,1H3/b23-15+. The summed E-state index contributed by atoms with van der Waals surface area (Å²) in [5, 5.41) is -0.0658. The monoisotopic (exact) mass is 450 g/mol. The Kier molecular flexibility index (Phi) is 5.99. The van der Waals surface area contributed by atoms with Gasteiger partial charge in [-0.3, -0.25) is 14.1 Å². The molecule has 0 N–H and O–H groups in total. The van der Waals surface area contributed by atoms with Crippen molar-refractivity contribution >= 4 is 40.1 Å². The van der Waals surface area contributed by atoms with Gasteiger partial charge < -0.3 is 0 Å². The number of pyridine rings is 1. The molecule has 2 aromatic carbocycles. The number of nitrogens with zero attached hydrogens (tertiary/aromatic N) is 2. The Bertz CT molecular complexity index is 1300. The predicted octanol–water partition coefficient (Wildman–Crippen LogP) is 4.81. The summed E-state index contributed by atoms with van der Waals surface area (Å²) in [6.07, 6.45) is 5.47. The molecule has 0 amide bonds. The summed E-state index contributed by atoms with van der Waals surface area (Å²) >= 11 is 5.83. The molecule has 1 aliphatic heterocycles. The normalized spacial score (nSPS) is 16.6. The Labute approximate surface area is 187 Å². The zero-order chi connectivity index (χ0) is 22.0. The fourth-order valence-electron chi connectivity index (χ4n) is 3.14. The number of Topliss-reactive ketones (excluding diaryl/α,β-unsaturated/α-hetero) is 1. The van der Waals surface area contributed by atoms with Crippen molar-refractivity contribution in [3.05, 3.63) is 98.9 Å². The van der Waals surface area contributed by atoms with Crippen LogP contribution in [0.15, 0.2) is 65.8 Å². The highest BCUT2D eigenvalue weighted by molar-refractivity contribution is 7.91. The summed E-state index contributed by atoms with van der Waals surface area (Å²) in [4.78, 5) is 17.2. The number of carbonyl (C=O) groups excluding carboxylic acids is 1. The Balaban J connectivity index is 1.67. The minimum atomic E-state index is -1.70. The fourth-order valence-corrected chi connectivity index (χ4v) is 4.46. The number of hydrogen-bond acceptors (Lipinski definition) is 3. The van der Waals surface area contributed by atoms with Crippen molar-refractivity contribution in [2.24, 2.45) is 0 Å². The van der Waals surface area contributed by atoms with E-state index in [-0.39, 0.29) is 15.7 Å². The van der Waals surface area contributed by atoms with Gasteiger partial charge in [0.05, 0.1) is 10.7 Å². The third-order valence-electron chi connectivity index (χ3n) is 4.76. The third kappa shape index (κ3) is 4.43. The first-order valence-corrected chi connectivity index (χ1v) is 10.8. The van der Waals surface area contributed by atoms with E-state index in [9.17, 15) is 13.4 Å². The number of ketones is 1. The van der Waals surface area contributed by atoms with Crippen LogP contribution in [0.5, 0.6) is 0 Å². The molecule has 0 radical (unpaired) electrons.